The minimum atomic E-state index is -0.278. The fourth-order valence-electron chi connectivity index (χ4n) is 2.88. The van der Waals surface area contributed by atoms with Gasteiger partial charge in [0, 0.05) is 11.6 Å². The van der Waals surface area contributed by atoms with Crippen molar-refractivity contribution in [2.45, 2.75) is 51.9 Å². The van der Waals surface area contributed by atoms with Gasteiger partial charge in [-0.15, -0.1) is 10.2 Å². The standard InChI is InChI=1S/C17H22N4OS/c1-11-8-9-14(10-12(11)2)18-16(22)19-17-21-20-15(23-17)13-6-4-3-5-7-13/h8-10,13H,3-7H2,1-2H3,(H2,18,19,21,22). The Morgan fingerprint density at radius 1 is 1.09 bits per heavy atom. The molecule has 0 atom stereocenters. The van der Waals surface area contributed by atoms with Gasteiger partial charge in [-0.2, -0.15) is 0 Å². The molecule has 2 aromatic rings. The Labute approximate surface area is 140 Å². The monoisotopic (exact) mass is 330 g/mol. The van der Waals surface area contributed by atoms with E-state index in [1.807, 2.05) is 32.0 Å². The van der Waals surface area contributed by atoms with Gasteiger partial charge < -0.3 is 5.32 Å². The number of anilines is 2. The van der Waals surface area contributed by atoms with Crippen molar-refractivity contribution in [3.8, 4) is 0 Å². The first-order chi connectivity index (χ1) is 11.1. The van der Waals surface area contributed by atoms with Crippen molar-refractivity contribution < 1.29 is 4.79 Å². The summed E-state index contributed by atoms with van der Waals surface area (Å²) >= 11 is 1.49. The number of carbonyl (C=O) groups excluding carboxylic acids is 1. The lowest BCUT2D eigenvalue weighted by atomic mass is 9.90. The zero-order valence-electron chi connectivity index (χ0n) is 13.6. The molecule has 0 spiro atoms. The fourth-order valence-corrected chi connectivity index (χ4v) is 3.79. The maximum Gasteiger partial charge on any atom is 0.325 e. The summed E-state index contributed by atoms with van der Waals surface area (Å²) in [5.74, 6) is 0.514. The molecule has 2 N–H and O–H groups in total. The molecule has 23 heavy (non-hydrogen) atoms. The normalized spacial score (nSPS) is 15.4. The van der Waals surface area contributed by atoms with Crippen LogP contribution >= 0.6 is 11.3 Å². The van der Waals surface area contributed by atoms with Crippen molar-refractivity contribution in [1.29, 1.82) is 0 Å². The van der Waals surface area contributed by atoms with Crippen LogP contribution in [0, 0.1) is 13.8 Å². The lowest BCUT2D eigenvalue weighted by molar-refractivity contribution is 0.262. The van der Waals surface area contributed by atoms with Gasteiger partial charge in [-0.05, 0) is 49.9 Å². The molecule has 1 aromatic carbocycles. The van der Waals surface area contributed by atoms with Gasteiger partial charge in [0.05, 0.1) is 0 Å². The zero-order chi connectivity index (χ0) is 16.2. The van der Waals surface area contributed by atoms with Crippen LogP contribution in [0.2, 0.25) is 0 Å². The van der Waals surface area contributed by atoms with Crippen molar-refractivity contribution in [2.24, 2.45) is 0 Å². The van der Waals surface area contributed by atoms with E-state index < -0.39 is 0 Å². The Morgan fingerprint density at radius 2 is 1.87 bits per heavy atom. The number of urea groups is 1. The summed E-state index contributed by atoms with van der Waals surface area (Å²) in [7, 11) is 0. The van der Waals surface area contributed by atoms with Gasteiger partial charge in [0.1, 0.15) is 5.01 Å². The zero-order valence-corrected chi connectivity index (χ0v) is 14.4. The topological polar surface area (TPSA) is 66.9 Å². The number of aryl methyl sites for hydroxylation is 2. The van der Waals surface area contributed by atoms with Crippen LogP contribution in [0.1, 0.15) is 54.2 Å². The third-order valence-corrected chi connectivity index (χ3v) is 5.38. The lowest BCUT2D eigenvalue weighted by Crippen LogP contribution is -2.19. The first-order valence-corrected chi connectivity index (χ1v) is 8.92. The molecule has 1 saturated carbocycles. The summed E-state index contributed by atoms with van der Waals surface area (Å²) in [6.07, 6.45) is 6.21. The number of nitrogens with zero attached hydrogens (tertiary/aromatic N) is 2. The molecule has 0 radical (unpaired) electrons. The number of hydrogen-bond donors (Lipinski definition) is 2. The summed E-state index contributed by atoms with van der Waals surface area (Å²) < 4.78 is 0. The van der Waals surface area contributed by atoms with E-state index in [4.69, 9.17) is 0 Å². The maximum absolute atomic E-state index is 12.1. The van der Waals surface area contributed by atoms with E-state index in [-0.39, 0.29) is 6.03 Å². The molecular weight excluding hydrogens is 308 g/mol. The van der Waals surface area contributed by atoms with Crippen LogP contribution in [0.3, 0.4) is 0 Å². The van der Waals surface area contributed by atoms with Crippen LogP contribution in [0.25, 0.3) is 0 Å². The second-order valence-electron chi connectivity index (χ2n) is 6.16. The highest BCUT2D eigenvalue weighted by molar-refractivity contribution is 7.15. The Bertz CT molecular complexity index is 692. The fraction of sp³-hybridized carbons (Fsp3) is 0.471. The highest BCUT2D eigenvalue weighted by Crippen LogP contribution is 2.35. The molecule has 0 unspecified atom stereocenters. The molecule has 1 aliphatic rings. The molecule has 1 heterocycles. The Morgan fingerprint density at radius 3 is 2.61 bits per heavy atom. The second kappa shape index (κ2) is 7.08. The molecular formula is C17H22N4OS. The summed E-state index contributed by atoms with van der Waals surface area (Å²) in [6.45, 7) is 4.08. The van der Waals surface area contributed by atoms with E-state index in [1.54, 1.807) is 0 Å². The molecule has 0 saturated heterocycles. The summed E-state index contributed by atoms with van der Waals surface area (Å²) in [4.78, 5) is 12.1. The number of carbonyl (C=O) groups is 1. The molecule has 1 aromatic heterocycles. The highest BCUT2D eigenvalue weighted by Gasteiger charge is 2.20. The average Bonchev–Trinajstić information content (AvgIpc) is 3.00. The number of benzene rings is 1. The predicted molar refractivity (Wildman–Crippen MR) is 94.3 cm³/mol. The van der Waals surface area contributed by atoms with Crippen molar-refractivity contribution in [3.05, 3.63) is 34.3 Å². The SMILES string of the molecule is Cc1ccc(NC(=O)Nc2nnc(C3CCCCC3)s2)cc1C. The van der Waals surface area contributed by atoms with Gasteiger partial charge in [-0.1, -0.05) is 36.7 Å². The maximum atomic E-state index is 12.1. The molecule has 0 bridgehead atoms. The van der Waals surface area contributed by atoms with Gasteiger partial charge in [0.25, 0.3) is 0 Å². The van der Waals surface area contributed by atoms with E-state index in [9.17, 15) is 4.79 Å². The Kier molecular flexibility index (Phi) is 4.91. The number of amides is 2. The highest BCUT2D eigenvalue weighted by atomic mass is 32.1. The smallest absolute Gasteiger partial charge is 0.308 e. The lowest BCUT2D eigenvalue weighted by Gasteiger charge is -2.18. The first kappa shape index (κ1) is 15.9. The van der Waals surface area contributed by atoms with E-state index in [0.29, 0.717) is 11.0 Å². The van der Waals surface area contributed by atoms with Crippen molar-refractivity contribution in [2.75, 3.05) is 10.6 Å². The van der Waals surface area contributed by atoms with Crippen LogP contribution in [-0.4, -0.2) is 16.2 Å². The minimum absolute atomic E-state index is 0.278. The predicted octanol–water partition coefficient (Wildman–Crippen LogP) is 4.85. The van der Waals surface area contributed by atoms with Crippen molar-refractivity contribution >= 4 is 28.2 Å². The molecule has 6 heteroatoms. The van der Waals surface area contributed by atoms with Gasteiger partial charge >= 0.3 is 6.03 Å². The van der Waals surface area contributed by atoms with E-state index in [1.165, 1.54) is 49.0 Å². The van der Waals surface area contributed by atoms with E-state index in [2.05, 4.69) is 20.8 Å². The molecule has 2 amide bonds. The minimum Gasteiger partial charge on any atom is -0.308 e. The van der Waals surface area contributed by atoms with Gasteiger partial charge in [-0.3, -0.25) is 5.32 Å². The Hall–Kier alpha value is -1.95. The van der Waals surface area contributed by atoms with Gasteiger partial charge in [0.15, 0.2) is 0 Å². The largest absolute Gasteiger partial charge is 0.325 e. The number of rotatable bonds is 3. The number of aromatic nitrogens is 2. The van der Waals surface area contributed by atoms with Gasteiger partial charge in [-0.25, -0.2) is 4.79 Å². The van der Waals surface area contributed by atoms with Crippen molar-refractivity contribution in [1.82, 2.24) is 10.2 Å². The molecule has 3 rings (SSSR count). The number of nitrogens with one attached hydrogen (secondary N) is 2. The van der Waals surface area contributed by atoms with Crippen LogP contribution < -0.4 is 10.6 Å². The van der Waals surface area contributed by atoms with E-state index in [0.717, 1.165) is 16.3 Å². The molecule has 1 fully saturated rings. The quantitative estimate of drug-likeness (QED) is 0.845. The summed E-state index contributed by atoms with van der Waals surface area (Å²) in [6, 6.07) is 5.58. The average molecular weight is 330 g/mol. The summed E-state index contributed by atoms with van der Waals surface area (Å²) in [5.41, 5.74) is 3.14. The second-order valence-corrected chi connectivity index (χ2v) is 7.17. The van der Waals surface area contributed by atoms with Crippen LogP contribution in [0.5, 0.6) is 0 Å². The Balaban J connectivity index is 1.59. The molecule has 122 valence electrons. The van der Waals surface area contributed by atoms with Crippen LogP contribution in [0.15, 0.2) is 18.2 Å². The molecule has 5 nitrogen and oxygen atoms in total. The van der Waals surface area contributed by atoms with Gasteiger partial charge in [0.2, 0.25) is 5.13 Å². The van der Waals surface area contributed by atoms with Crippen LogP contribution in [-0.2, 0) is 0 Å². The van der Waals surface area contributed by atoms with Crippen LogP contribution in [0.4, 0.5) is 15.6 Å². The molecule has 0 aliphatic heterocycles. The van der Waals surface area contributed by atoms with Crippen molar-refractivity contribution in [3.63, 3.8) is 0 Å². The third-order valence-electron chi connectivity index (χ3n) is 4.38. The summed E-state index contributed by atoms with van der Waals surface area (Å²) in [5, 5.41) is 15.6. The third kappa shape index (κ3) is 4.07. The first-order valence-electron chi connectivity index (χ1n) is 8.10. The molecule has 1 aliphatic carbocycles. The van der Waals surface area contributed by atoms with E-state index >= 15 is 0 Å². The number of hydrogen-bond acceptors (Lipinski definition) is 4.